The zero-order valence-corrected chi connectivity index (χ0v) is 11.2. The highest BCUT2D eigenvalue weighted by Crippen LogP contribution is 2.31. The Morgan fingerprint density at radius 1 is 1.28 bits per heavy atom. The van der Waals surface area contributed by atoms with Crippen molar-refractivity contribution in [1.29, 1.82) is 0 Å². The first-order valence-electron chi connectivity index (χ1n) is 6.53. The molecule has 0 radical (unpaired) electrons. The van der Waals surface area contributed by atoms with Crippen LogP contribution < -0.4 is 9.80 Å². The Balaban J connectivity index is 2.04. The van der Waals surface area contributed by atoms with E-state index in [9.17, 15) is 5.11 Å². The van der Waals surface area contributed by atoms with Crippen LogP contribution in [0.1, 0.15) is 6.92 Å². The minimum atomic E-state index is -0.429. The smallest absolute Gasteiger partial charge is 0.0948 e. The number of fused-ring (bicyclic) bond motifs is 1. The molecule has 1 unspecified atom stereocenters. The largest absolute Gasteiger partial charge is 0.389 e. The van der Waals surface area contributed by atoms with Gasteiger partial charge in [-0.1, -0.05) is 12.1 Å². The highest BCUT2D eigenvalue weighted by Gasteiger charge is 2.21. The molecule has 0 fully saturated rings. The van der Waals surface area contributed by atoms with Crippen LogP contribution in [-0.2, 0) is 4.74 Å². The van der Waals surface area contributed by atoms with E-state index in [0.29, 0.717) is 19.8 Å². The molecule has 1 heterocycles. The van der Waals surface area contributed by atoms with E-state index in [1.54, 1.807) is 0 Å². The van der Waals surface area contributed by atoms with Gasteiger partial charge in [-0.25, -0.2) is 0 Å². The number of para-hydroxylation sites is 2. The van der Waals surface area contributed by atoms with Crippen LogP contribution in [-0.4, -0.2) is 51.1 Å². The van der Waals surface area contributed by atoms with Crippen molar-refractivity contribution in [3.63, 3.8) is 0 Å². The molecule has 1 N–H and O–H groups in total. The van der Waals surface area contributed by atoms with E-state index in [-0.39, 0.29) is 0 Å². The Morgan fingerprint density at radius 3 is 2.72 bits per heavy atom. The summed E-state index contributed by atoms with van der Waals surface area (Å²) in [4.78, 5) is 4.49. The van der Waals surface area contributed by atoms with Gasteiger partial charge in [-0.15, -0.1) is 0 Å². The summed E-state index contributed by atoms with van der Waals surface area (Å²) in [6.45, 7) is 5.55. The van der Waals surface area contributed by atoms with Gasteiger partial charge in [-0.2, -0.15) is 0 Å². The zero-order chi connectivity index (χ0) is 13.0. The number of hydrogen-bond donors (Lipinski definition) is 1. The maximum absolute atomic E-state index is 9.94. The van der Waals surface area contributed by atoms with Gasteiger partial charge < -0.3 is 19.6 Å². The van der Waals surface area contributed by atoms with E-state index in [4.69, 9.17) is 4.74 Å². The van der Waals surface area contributed by atoms with Gasteiger partial charge in [0.25, 0.3) is 0 Å². The summed E-state index contributed by atoms with van der Waals surface area (Å²) in [5, 5.41) is 9.94. The van der Waals surface area contributed by atoms with Gasteiger partial charge in [0.05, 0.1) is 24.1 Å². The van der Waals surface area contributed by atoms with Gasteiger partial charge in [-0.3, -0.25) is 0 Å². The summed E-state index contributed by atoms with van der Waals surface area (Å²) in [5.74, 6) is 0. The second kappa shape index (κ2) is 6.07. The van der Waals surface area contributed by atoms with Crippen LogP contribution in [0.15, 0.2) is 24.3 Å². The summed E-state index contributed by atoms with van der Waals surface area (Å²) < 4.78 is 5.26. The molecule has 0 bridgehead atoms. The highest BCUT2D eigenvalue weighted by molar-refractivity contribution is 5.73. The van der Waals surface area contributed by atoms with Crippen LogP contribution in [0.5, 0.6) is 0 Å². The van der Waals surface area contributed by atoms with Gasteiger partial charge in [0.15, 0.2) is 0 Å². The molecule has 1 atom stereocenters. The number of benzene rings is 1. The lowest BCUT2D eigenvalue weighted by molar-refractivity contribution is 0.0463. The number of nitrogens with zero attached hydrogens (tertiary/aromatic N) is 2. The van der Waals surface area contributed by atoms with Crippen LogP contribution in [0.4, 0.5) is 11.4 Å². The van der Waals surface area contributed by atoms with E-state index >= 15 is 0 Å². The van der Waals surface area contributed by atoms with Gasteiger partial charge in [0.1, 0.15) is 0 Å². The fraction of sp³-hybridized carbons (Fsp3) is 0.571. The van der Waals surface area contributed by atoms with Crippen LogP contribution in [0.3, 0.4) is 0 Å². The number of β-amino-alcohol motifs (C(OH)–C–C–N with tert-alkyl or cyclic N) is 1. The molecule has 1 aromatic carbocycles. The van der Waals surface area contributed by atoms with E-state index in [1.807, 2.05) is 13.0 Å². The van der Waals surface area contributed by atoms with Crippen LogP contribution >= 0.6 is 0 Å². The van der Waals surface area contributed by atoms with Crippen molar-refractivity contribution in [2.75, 3.05) is 49.7 Å². The predicted octanol–water partition coefficient (Wildman–Crippen LogP) is 1.34. The molecule has 18 heavy (non-hydrogen) atoms. The molecule has 1 aliphatic rings. The fourth-order valence-corrected chi connectivity index (χ4v) is 2.32. The monoisotopic (exact) mass is 250 g/mol. The summed E-state index contributed by atoms with van der Waals surface area (Å²) in [7, 11) is 2.10. The lowest BCUT2D eigenvalue weighted by Gasteiger charge is -2.37. The Kier molecular flexibility index (Phi) is 4.44. The molecule has 0 saturated heterocycles. The van der Waals surface area contributed by atoms with Crippen molar-refractivity contribution in [3.8, 4) is 0 Å². The Hall–Kier alpha value is -1.26. The predicted molar refractivity (Wildman–Crippen MR) is 74.4 cm³/mol. The van der Waals surface area contributed by atoms with Gasteiger partial charge in [-0.05, 0) is 19.1 Å². The molecule has 0 saturated carbocycles. The van der Waals surface area contributed by atoms with E-state index < -0.39 is 6.10 Å². The van der Waals surface area contributed by atoms with Crippen LogP contribution in [0.25, 0.3) is 0 Å². The third-order valence-electron chi connectivity index (χ3n) is 3.28. The normalized spacial score (nSPS) is 16.6. The second-order valence-electron chi connectivity index (χ2n) is 4.67. The molecule has 100 valence electrons. The van der Waals surface area contributed by atoms with Gasteiger partial charge >= 0.3 is 0 Å². The number of anilines is 2. The van der Waals surface area contributed by atoms with Crippen molar-refractivity contribution < 1.29 is 9.84 Å². The molecule has 4 nitrogen and oxygen atoms in total. The van der Waals surface area contributed by atoms with E-state index in [2.05, 4.69) is 35.0 Å². The van der Waals surface area contributed by atoms with E-state index in [0.717, 1.165) is 13.1 Å². The molecule has 0 aromatic heterocycles. The summed E-state index contributed by atoms with van der Waals surface area (Å²) in [5.41, 5.74) is 2.43. The molecular formula is C14H22N2O2. The maximum Gasteiger partial charge on any atom is 0.0948 e. The lowest BCUT2D eigenvalue weighted by atomic mass is 10.1. The molecular weight excluding hydrogens is 228 g/mol. The standard InChI is InChI=1S/C14H22N2O2/c1-3-18-11-12(17)10-16-9-8-15(2)13-6-4-5-7-14(13)16/h4-7,12,17H,3,8-11H2,1-2H3. The van der Waals surface area contributed by atoms with Gasteiger partial charge in [0.2, 0.25) is 0 Å². The first-order chi connectivity index (χ1) is 8.72. The van der Waals surface area contributed by atoms with Gasteiger partial charge in [0, 0.05) is 33.3 Å². The molecule has 0 spiro atoms. The molecule has 0 aliphatic carbocycles. The molecule has 0 amide bonds. The quantitative estimate of drug-likeness (QED) is 0.855. The zero-order valence-electron chi connectivity index (χ0n) is 11.2. The summed E-state index contributed by atoms with van der Waals surface area (Å²) in [6.07, 6.45) is -0.429. The maximum atomic E-state index is 9.94. The molecule has 4 heteroatoms. The van der Waals surface area contributed by atoms with Crippen molar-refractivity contribution in [2.45, 2.75) is 13.0 Å². The first-order valence-corrected chi connectivity index (χ1v) is 6.53. The third kappa shape index (κ3) is 2.94. The van der Waals surface area contributed by atoms with E-state index in [1.165, 1.54) is 11.4 Å². The number of aliphatic hydroxyl groups is 1. The Morgan fingerprint density at radius 2 is 2.00 bits per heavy atom. The minimum Gasteiger partial charge on any atom is -0.389 e. The number of hydrogen-bond acceptors (Lipinski definition) is 4. The Bertz CT molecular complexity index is 384. The number of likely N-dealkylation sites (N-methyl/N-ethyl adjacent to an activating group) is 1. The van der Waals surface area contributed by atoms with Crippen molar-refractivity contribution in [3.05, 3.63) is 24.3 Å². The highest BCUT2D eigenvalue weighted by atomic mass is 16.5. The first kappa shape index (κ1) is 13.2. The molecule has 1 aromatic rings. The topological polar surface area (TPSA) is 35.9 Å². The average Bonchev–Trinajstić information content (AvgIpc) is 2.40. The average molecular weight is 250 g/mol. The van der Waals surface area contributed by atoms with Crippen LogP contribution in [0, 0.1) is 0 Å². The van der Waals surface area contributed by atoms with Crippen molar-refractivity contribution in [1.82, 2.24) is 0 Å². The summed E-state index contributed by atoms with van der Waals surface area (Å²) in [6, 6.07) is 8.32. The number of aliphatic hydroxyl groups excluding tert-OH is 1. The number of ether oxygens (including phenoxy) is 1. The fourth-order valence-electron chi connectivity index (χ4n) is 2.32. The second-order valence-corrected chi connectivity index (χ2v) is 4.67. The molecule has 2 rings (SSSR count). The lowest BCUT2D eigenvalue weighted by Crippen LogP contribution is -2.43. The minimum absolute atomic E-state index is 0.408. The van der Waals surface area contributed by atoms with Crippen molar-refractivity contribution in [2.24, 2.45) is 0 Å². The SMILES string of the molecule is CCOCC(O)CN1CCN(C)c2ccccc21. The van der Waals surface area contributed by atoms with Crippen LogP contribution in [0.2, 0.25) is 0 Å². The number of rotatable bonds is 5. The summed E-state index contributed by atoms with van der Waals surface area (Å²) >= 11 is 0. The molecule has 1 aliphatic heterocycles. The van der Waals surface area contributed by atoms with Crippen molar-refractivity contribution >= 4 is 11.4 Å². The third-order valence-corrected chi connectivity index (χ3v) is 3.28. The Labute approximate surface area is 109 Å².